The predicted octanol–water partition coefficient (Wildman–Crippen LogP) is 5.78. The summed E-state index contributed by atoms with van der Waals surface area (Å²) in [7, 11) is 0. The number of aryl methyl sites for hydroxylation is 1. The maximum absolute atomic E-state index is 12.3. The fourth-order valence-corrected chi connectivity index (χ4v) is 4.13. The van der Waals surface area contributed by atoms with E-state index < -0.39 is 0 Å². The van der Waals surface area contributed by atoms with Gasteiger partial charge >= 0.3 is 0 Å². The standard InChI is InChI=1S/C22H25NO2S/c1-16-8-10-19(11-9-16)20(21-6-4-14-25-21)12-13-23(18(3)24)17(2)22-7-5-15-26-22/h4-11,14-15,17,20H,12-13H2,1-3H3/t17-,20-/m1/s1. The maximum atomic E-state index is 12.3. The van der Waals surface area contributed by atoms with Gasteiger partial charge in [0.15, 0.2) is 0 Å². The van der Waals surface area contributed by atoms with Gasteiger partial charge in [0.1, 0.15) is 5.76 Å². The number of amides is 1. The molecule has 1 aromatic carbocycles. The van der Waals surface area contributed by atoms with Gasteiger partial charge in [0.05, 0.1) is 12.3 Å². The fraction of sp³-hybridized carbons (Fsp3) is 0.318. The molecule has 0 fully saturated rings. The van der Waals surface area contributed by atoms with Gasteiger partial charge in [-0.2, -0.15) is 0 Å². The molecule has 0 saturated heterocycles. The van der Waals surface area contributed by atoms with E-state index in [9.17, 15) is 4.79 Å². The Labute approximate surface area is 159 Å². The molecule has 2 atom stereocenters. The molecule has 0 aliphatic carbocycles. The molecule has 0 saturated carbocycles. The second-order valence-electron chi connectivity index (χ2n) is 6.67. The first-order chi connectivity index (χ1) is 12.6. The molecule has 3 aromatic rings. The normalized spacial score (nSPS) is 13.3. The Balaban J connectivity index is 1.79. The van der Waals surface area contributed by atoms with Gasteiger partial charge in [0.2, 0.25) is 5.91 Å². The number of carbonyl (C=O) groups is 1. The Morgan fingerprint density at radius 2 is 1.92 bits per heavy atom. The molecule has 3 rings (SSSR count). The van der Waals surface area contributed by atoms with Gasteiger partial charge in [-0.15, -0.1) is 11.3 Å². The molecule has 1 amide bonds. The molecule has 3 nitrogen and oxygen atoms in total. The largest absolute Gasteiger partial charge is 0.469 e. The summed E-state index contributed by atoms with van der Waals surface area (Å²) < 4.78 is 5.70. The van der Waals surface area contributed by atoms with Crippen molar-refractivity contribution in [3.63, 3.8) is 0 Å². The van der Waals surface area contributed by atoms with Gasteiger partial charge in [0.25, 0.3) is 0 Å². The van der Waals surface area contributed by atoms with E-state index in [-0.39, 0.29) is 17.9 Å². The lowest BCUT2D eigenvalue weighted by atomic mass is 9.92. The molecular weight excluding hydrogens is 342 g/mol. The van der Waals surface area contributed by atoms with E-state index >= 15 is 0 Å². The molecule has 0 N–H and O–H groups in total. The van der Waals surface area contributed by atoms with Crippen LogP contribution >= 0.6 is 11.3 Å². The summed E-state index contributed by atoms with van der Waals surface area (Å²) in [5.41, 5.74) is 2.46. The van der Waals surface area contributed by atoms with Gasteiger partial charge in [0, 0.05) is 24.3 Å². The van der Waals surface area contributed by atoms with E-state index in [0.29, 0.717) is 6.54 Å². The fourth-order valence-electron chi connectivity index (χ4n) is 3.34. The number of carbonyl (C=O) groups excluding carboxylic acids is 1. The van der Waals surface area contributed by atoms with Crippen molar-refractivity contribution >= 4 is 17.2 Å². The van der Waals surface area contributed by atoms with Crippen LogP contribution in [0.5, 0.6) is 0 Å². The third kappa shape index (κ3) is 4.25. The van der Waals surface area contributed by atoms with E-state index in [1.807, 2.05) is 23.1 Å². The van der Waals surface area contributed by atoms with E-state index in [1.165, 1.54) is 16.0 Å². The molecular formula is C22H25NO2S. The van der Waals surface area contributed by atoms with Crippen LogP contribution < -0.4 is 0 Å². The second-order valence-corrected chi connectivity index (χ2v) is 7.65. The zero-order valence-electron chi connectivity index (χ0n) is 15.5. The minimum absolute atomic E-state index is 0.0859. The van der Waals surface area contributed by atoms with Crippen LogP contribution in [0.25, 0.3) is 0 Å². The zero-order valence-corrected chi connectivity index (χ0v) is 16.3. The number of thiophene rings is 1. The SMILES string of the molecule is CC(=O)N(CC[C@H](c1ccc(C)cc1)c1ccco1)[C@H](C)c1cccs1. The van der Waals surface area contributed by atoms with Gasteiger partial charge < -0.3 is 9.32 Å². The number of hydrogen-bond acceptors (Lipinski definition) is 3. The highest BCUT2D eigenvalue weighted by Gasteiger charge is 2.23. The van der Waals surface area contributed by atoms with Crippen molar-refractivity contribution in [1.29, 1.82) is 0 Å². The summed E-state index contributed by atoms with van der Waals surface area (Å²) >= 11 is 1.69. The van der Waals surface area contributed by atoms with Gasteiger partial charge in [-0.3, -0.25) is 4.79 Å². The average molecular weight is 368 g/mol. The van der Waals surface area contributed by atoms with Crippen LogP contribution in [0.15, 0.2) is 64.6 Å². The first kappa shape index (κ1) is 18.5. The van der Waals surface area contributed by atoms with Crippen molar-refractivity contribution in [1.82, 2.24) is 4.90 Å². The lowest BCUT2D eigenvalue weighted by Crippen LogP contribution is -2.33. The Kier molecular flexibility index (Phi) is 5.94. The van der Waals surface area contributed by atoms with Crippen molar-refractivity contribution < 1.29 is 9.21 Å². The molecule has 0 bridgehead atoms. The van der Waals surface area contributed by atoms with Crippen molar-refractivity contribution in [2.75, 3.05) is 6.54 Å². The lowest BCUT2D eigenvalue weighted by Gasteiger charge is -2.29. The molecule has 2 aromatic heterocycles. The van der Waals surface area contributed by atoms with E-state index in [4.69, 9.17) is 4.42 Å². The lowest BCUT2D eigenvalue weighted by molar-refractivity contribution is -0.131. The number of benzene rings is 1. The zero-order chi connectivity index (χ0) is 18.5. The number of hydrogen-bond donors (Lipinski definition) is 0. The van der Waals surface area contributed by atoms with Crippen molar-refractivity contribution in [3.05, 3.63) is 81.9 Å². The van der Waals surface area contributed by atoms with Crippen LogP contribution in [0.4, 0.5) is 0 Å². The van der Waals surface area contributed by atoms with Gasteiger partial charge in [-0.1, -0.05) is 35.9 Å². The van der Waals surface area contributed by atoms with Gasteiger partial charge in [-0.05, 0) is 49.4 Å². The molecule has 4 heteroatoms. The summed E-state index contributed by atoms with van der Waals surface area (Å²) in [4.78, 5) is 15.4. The summed E-state index contributed by atoms with van der Waals surface area (Å²) in [5.74, 6) is 1.19. The summed E-state index contributed by atoms with van der Waals surface area (Å²) in [6, 6.07) is 16.7. The summed E-state index contributed by atoms with van der Waals surface area (Å²) in [6.07, 6.45) is 2.54. The average Bonchev–Trinajstić information content (AvgIpc) is 3.32. The maximum Gasteiger partial charge on any atom is 0.219 e. The number of nitrogens with zero attached hydrogens (tertiary/aromatic N) is 1. The van der Waals surface area contributed by atoms with Crippen LogP contribution in [-0.4, -0.2) is 17.4 Å². The highest BCUT2D eigenvalue weighted by atomic mass is 32.1. The molecule has 136 valence electrons. The highest BCUT2D eigenvalue weighted by Crippen LogP contribution is 2.31. The van der Waals surface area contributed by atoms with Crippen molar-refractivity contribution in [2.45, 2.75) is 39.2 Å². The molecule has 0 unspecified atom stereocenters. The number of rotatable bonds is 7. The summed E-state index contributed by atoms with van der Waals surface area (Å²) in [5, 5.41) is 2.06. The van der Waals surface area contributed by atoms with Crippen LogP contribution in [0.3, 0.4) is 0 Å². The Bertz CT molecular complexity index is 806. The monoisotopic (exact) mass is 367 g/mol. The van der Waals surface area contributed by atoms with E-state index in [2.05, 4.69) is 49.6 Å². The van der Waals surface area contributed by atoms with Crippen LogP contribution in [0.1, 0.15) is 54.0 Å². The first-order valence-corrected chi connectivity index (χ1v) is 9.85. The third-order valence-electron chi connectivity index (χ3n) is 4.85. The van der Waals surface area contributed by atoms with Gasteiger partial charge in [-0.25, -0.2) is 0 Å². The molecule has 0 aliphatic heterocycles. The molecule has 0 aliphatic rings. The third-order valence-corrected chi connectivity index (χ3v) is 5.89. The van der Waals surface area contributed by atoms with Crippen LogP contribution in [-0.2, 0) is 4.79 Å². The van der Waals surface area contributed by atoms with E-state index in [1.54, 1.807) is 24.5 Å². The first-order valence-electron chi connectivity index (χ1n) is 8.97. The number of furan rings is 1. The quantitative estimate of drug-likeness (QED) is 0.530. The molecule has 2 heterocycles. The Morgan fingerprint density at radius 1 is 1.15 bits per heavy atom. The van der Waals surface area contributed by atoms with Crippen molar-refractivity contribution in [3.8, 4) is 0 Å². The summed E-state index contributed by atoms with van der Waals surface area (Å²) in [6.45, 7) is 6.53. The minimum Gasteiger partial charge on any atom is -0.469 e. The van der Waals surface area contributed by atoms with Crippen LogP contribution in [0.2, 0.25) is 0 Å². The Morgan fingerprint density at radius 3 is 2.50 bits per heavy atom. The minimum atomic E-state index is 0.0859. The molecule has 0 spiro atoms. The smallest absolute Gasteiger partial charge is 0.219 e. The molecule has 26 heavy (non-hydrogen) atoms. The second kappa shape index (κ2) is 8.37. The van der Waals surface area contributed by atoms with E-state index in [0.717, 1.165) is 12.2 Å². The van der Waals surface area contributed by atoms with Crippen LogP contribution in [0, 0.1) is 6.92 Å². The Hall–Kier alpha value is -2.33. The highest BCUT2D eigenvalue weighted by molar-refractivity contribution is 7.10. The predicted molar refractivity (Wildman–Crippen MR) is 106 cm³/mol. The van der Waals surface area contributed by atoms with Crippen molar-refractivity contribution in [2.24, 2.45) is 0 Å². The molecule has 0 radical (unpaired) electrons. The topological polar surface area (TPSA) is 33.5 Å².